The lowest BCUT2D eigenvalue weighted by molar-refractivity contribution is -0.166. The van der Waals surface area contributed by atoms with Crippen molar-refractivity contribution in [3.63, 3.8) is 0 Å². The number of ether oxygens (including phenoxy) is 3. The number of unbranched alkanes of at least 4 members (excludes halogenated alkanes) is 15. The van der Waals surface area contributed by atoms with E-state index >= 15 is 0 Å². The first-order valence-electron chi connectivity index (χ1n) is 28.9. The van der Waals surface area contributed by atoms with Crippen LogP contribution in [0.1, 0.15) is 207 Å². The van der Waals surface area contributed by atoms with Crippen LogP contribution in [0.4, 0.5) is 0 Å². The van der Waals surface area contributed by atoms with Gasteiger partial charge in [0.2, 0.25) is 0 Å². The number of hydrogen-bond acceptors (Lipinski definition) is 6. The van der Waals surface area contributed by atoms with Gasteiger partial charge in [-0.15, -0.1) is 0 Å². The number of carbonyl (C=O) groups is 3. The van der Waals surface area contributed by atoms with Gasteiger partial charge in [-0.1, -0.05) is 267 Å². The minimum atomic E-state index is -0.856. The first-order valence-corrected chi connectivity index (χ1v) is 28.9. The lowest BCUT2D eigenvalue weighted by Crippen LogP contribution is -2.30. The van der Waals surface area contributed by atoms with Gasteiger partial charge in [-0.3, -0.25) is 14.4 Å². The normalized spacial score (nSPS) is 13.5. The number of carbonyl (C=O) groups excluding carboxylic acids is 3. The van der Waals surface area contributed by atoms with E-state index in [0.29, 0.717) is 19.3 Å². The summed E-state index contributed by atoms with van der Waals surface area (Å²) in [6, 6.07) is 0. The topological polar surface area (TPSA) is 78.9 Å². The monoisotopic (exact) mass is 1010 g/mol. The van der Waals surface area contributed by atoms with Crippen LogP contribution in [0.2, 0.25) is 0 Å². The minimum absolute atomic E-state index is 0.141. The summed E-state index contributed by atoms with van der Waals surface area (Å²) < 4.78 is 16.7. The second kappa shape index (κ2) is 60.1. The van der Waals surface area contributed by atoms with E-state index in [2.05, 4.69) is 118 Å². The molecule has 0 aromatic heterocycles. The molecule has 0 aliphatic carbocycles. The van der Waals surface area contributed by atoms with Gasteiger partial charge in [0.15, 0.2) is 6.10 Å². The highest BCUT2D eigenvalue weighted by Crippen LogP contribution is 2.12. The molecular formula is C68H102O6. The Labute approximate surface area is 453 Å². The van der Waals surface area contributed by atoms with Gasteiger partial charge in [0.25, 0.3) is 0 Å². The highest BCUT2D eigenvalue weighted by Gasteiger charge is 2.19. The molecule has 0 bridgehead atoms. The van der Waals surface area contributed by atoms with E-state index in [1.54, 1.807) is 0 Å². The standard InChI is InChI=1S/C68H102O6/c1-4-7-10-13-16-19-22-25-28-31-34-37-40-43-46-49-52-55-58-61-67(70)73-64-65(63-72-66(69)60-57-54-51-48-45-42-39-36-33-30-27-24-21-18-15-12-9-6-3)74-68(71)62-59-56-53-50-47-44-41-38-35-32-29-26-23-20-17-14-11-8-5-2/h7-8,10-11,13,16-17,19-20,22,25-26,28-31,33-40,43-44,46-47,53,56,65H,4-6,9,12,14-15,18,21,23-24,27,32,41-42,45,48-52,54-55,57-64H2,1-3H3/b10-7-,11-8-,16-13-,20-17-,22-19-,28-25-,29-26-,33-30-,34-31+,38-35-,39-36-,40-37-,46-43-,47-44-,56-53-. The fraction of sp³-hybridized carbons (Fsp3) is 0.515. The summed E-state index contributed by atoms with van der Waals surface area (Å²) in [5.41, 5.74) is 0. The third kappa shape index (κ3) is 57.4. The first-order chi connectivity index (χ1) is 36.5. The zero-order valence-corrected chi connectivity index (χ0v) is 46.8. The molecule has 0 aliphatic rings. The zero-order valence-electron chi connectivity index (χ0n) is 46.8. The van der Waals surface area contributed by atoms with Gasteiger partial charge >= 0.3 is 17.9 Å². The summed E-state index contributed by atoms with van der Waals surface area (Å²) in [5, 5.41) is 0. The fourth-order valence-corrected chi connectivity index (χ4v) is 7.09. The van der Waals surface area contributed by atoms with E-state index in [1.165, 1.54) is 44.9 Å². The van der Waals surface area contributed by atoms with Crippen LogP contribution in [0.5, 0.6) is 0 Å². The van der Waals surface area contributed by atoms with Crippen molar-refractivity contribution in [3.05, 3.63) is 182 Å². The predicted octanol–water partition coefficient (Wildman–Crippen LogP) is 19.7. The number of rotatable bonds is 49. The Morgan fingerprint density at radius 1 is 0.297 bits per heavy atom. The van der Waals surface area contributed by atoms with E-state index in [0.717, 1.165) is 109 Å². The van der Waals surface area contributed by atoms with Crippen LogP contribution in [0.25, 0.3) is 0 Å². The molecule has 0 aliphatic heterocycles. The predicted molar refractivity (Wildman–Crippen MR) is 320 cm³/mol. The van der Waals surface area contributed by atoms with E-state index in [1.807, 2.05) is 85.1 Å². The Morgan fingerprint density at radius 2 is 0.622 bits per heavy atom. The van der Waals surface area contributed by atoms with Gasteiger partial charge in [-0.25, -0.2) is 0 Å². The van der Waals surface area contributed by atoms with Crippen LogP contribution in [-0.4, -0.2) is 37.2 Å². The minimum Gasteiger partial charge on any atom is -0.462 e. The van der Waals surface area contributed by atoms with E-state index in [-0.39, 0.29) is 38.0 Å². The second-order valence-electron chi connectivity index (χ2n) is 18.3. The quantitative estimate of drug-likeness (QED) is 0.0199. The summed E-state index contributed by atoms with van der Waals surface area (Å²) in [6.07, 6.45) is 90.3. The maximum atomic E-state index is 12.8. The van der Waals surface area contributed by atoms with Crippen molar-refractivity contribution >= 4 is 17.9 Å². The van der Waals surface area contributed by atoms with Gasteiger partial charge < -0.3 is 14.2 Å². The van der Waals surface area contributed by atoms with Crippen molar-refractivity contribution in [2.75, 3.05) is 13.2 Å². The molecule has 0 heterocycles. The van der Waals surface area contributed by atoms with Gasteiger partial charge in [0.1, 0.15) is 13.2 Å². The Kier molecular flexibility index (Phi) is 55.6. The van der Waals surface area contributed by atoms with Crippen molar-refractivity contribution in [1.29, 1.82) is 0 Å². The molecule has 6 nitrogen and oxygen atoms in total. The molecule has 0 amide bonds. The molecule has 74 heavy (non-hydrogen) atoms. The average Bonchev–Trinajstić information content (AvgIpc) is 3.40. The lowest BCUT2D eigenvalue weighted by Gasteiger charge is -2.18. The maximum Gasteiger partial charge on any atom is 0.306 e. The van der Waals surface area contributed by atoms with Crippen LogP contribution in [0.3, 0.4) is 0 Å². The highest BCUT2D eigenvalue weighted by molar-refractivity contribution is 5.71. The zero-order chi connectivity index (χ0) is 53.6. The molecule has 0 spiro atoms. The maximum absolute atomic E-state index is 12.8. The van der Waals surface area contributed by atoms with Crippen LogP contribution in [0, 0.1) is 0 Å². The average molecular weight is 1020 g/mol. The second-order valence-corrected chi connectivity index (χ2v) is 18.3. The Balaban J connectivity index is 4.68. The third-order valence-electron chi connectivity index (χ3n) is 11.4. The molecule has 0 saturated heterocycles. The van der Waals surface area contributed by atoms with Crippen molar-refractivity contribution in [2.24, 2.45) is 0 Å². The molecule has 0 aromatic rings. The molecular weight excluding hydrogens is 913 g/mol. The van der Waals surface area contributed by atoms with E-state index in [9.17, 15) is 14.4 Å². The molecule has 1 atom stereocenters. The number of esters is 3. The summed E-state index contributed by atoms with van der Waals surface area (Å²) in [6.45, 7) is 6.24. The molecule has 0 rings (SSSR count). The Hall–Kier alpha value is -5.49. The van der Waals surface area contributed by atoms with Crippen LogP contribution < -0.4 is 0 Å². The molecule has 0 fully saturated rings. The van der Waals surface area contributed by atoms with Crippen LogP contribution in [-0.2, 0) is 28.6 Å². The number of allylic oxidation sites excluding steroid dienone is 30. The Morgan fingerprint density at radius 3 is 1.04 bits per heavy atom. The van der Waals surface area contributed by atoms with Gasteiger partial charge in [-0.05, 0) is 103 Å². The summed E-state index contributed by atoms with van der Waals surface area (Å²) in [5.74, 6) is -1.10. The third-order valence-corrected chi connectivity index (χ3v) is 11.4. The van der Waals surface area contributed by atoms with Crippen molar-refractivity contribution in [3.8, 4) is 0 Å². The molecule has 1 unspecified atom stereocenters. The van der Waals surface area contributed by atoms with Crippen LogP contribution >= 0.6 is 0 Å². The highest BCUT2D eigenvalue weighted by atomic mass is 16.6. The van der Waals surface area contributed by atoms with Gasteiger partial charge in [-0.2, -0.15) is 0 Å². The molecule has 0 aromatic carbocycles. The Bertz CT molecular complexity index is 1780. The van der Waals surface area contributed by atoms with E-state index in [4.69, 9.17) is 14.2 Å². The molecule has 6 heteroatoms. The van der Waals surface area contributed by atoms with E-state index < -0.39 is 12.1 Å². The van der Waals surface area contributed by atoms with Gasteiger partial charge in [0, 0.05) is 19.3 Å². The smallest absolute Gasteiger partial charge is 0.306 e. The fourth-order valence-electron chi connectivity index (χ4n) is 7.09. The molecule has 410 valence electrons. The number of hydrogen-bond donors (Lipinski definition) is 0. The first kappa shape index (κ1) is 68.5. The summed E-state index contributed by atoms with van der Waals surface area (Å²) >= 11 is 0. The summed E-state index contributed by atoms with van der Waals surface area (Å²) in [7, 11) is 0. The summed E-state index contributed by atoms with van der Waals surface area (Å²) in [4.78, 5) is 38.2. The lowest BCUT2D eigenvalue weighted by atomic mass is 10.1. The van der Waals surface area contributed by atoms with Crippen molar-refractivity contribution in [1.82, 2.24) is 0 Å². The molecule has 0 saturated carbocycles. The van der Waals surface area contributed by atoms with Crippen LogP contribution in [0.15, 0.2) is 182 Å². The van der Waals surface area contributed by atoms with Crippen molar-refractivity contribution < 1.29 is 28.6 Å². The molecule has 0 radical (unpaired) electrons. The van der Waals surface area contributed by atoms with Gasteiger partial charge in [0.05, 0.1) is 0 Å². The largest absolute Gasteiger partial charge is 0.462 e. The molecule has 0 N–H and O–H groups in total. The SMILES string of the molecule is CC\C=C/C=C\C=C/C=C\C=C\C=C/C=C\CCCCCC(=O)OCC(COC(=O)CCCCCCC/C=C\C=C/CCCCCCCCC)OC(=O)CC/C=C\C/C=C\C/C=C\C/C=C\C/C=C\C/C=C\CC. The van der Waals surface area contributed by atoms with Crippen molar-refractivity contribution in [2.45, 2.75) is 213 Å².